The first-order valence-corrected chi connectivity index (χ1v) is 8.95. The summed E-state index contributed by atoms with van der Waals surface area (Å²) in [5, 5.41) is 8.19. The van der Waals surface area contributed by atoms with Gasteiger partial charge in [0, 0.05) is 13.1 Å². The highest BCUT2D eigenvalue weighted by atomic mass is 19.1. The van der Waals surface area contributed by atoms with E-state index in [1.165, 1.54) is 11.6 Å². The Morgan fingerprint density at radius 2 is 1.96 bits per heavy atom. The first-order chi connectivity index (χ1) is 13.3. The Bertz CT molecular complexity index is 975. The number of hydrogen-bond acceptors (Lipinski definition) is 6. The van der Waals surface area contributed by atoms with Gasteiger partial charge in [-0.3, -0.25) is 4.90 Å². The Morgan fingerprint density at radius 3 is 2.89 bits per heavy atom. The molecule has 0 unspecified atom stereocenters. The fourth-order valence-corrected chi connectivity index (χ4v) is 3.62. The summed E-state index contributed by atoms with van der Waals surface area (Å²) >= 11 is 0. The van der Waals surface area contributed by atoms with Gasteiger partial charge in [-0.25, -0.2) is 4.39 Å². The zero-order valence-corrected chi connectivity index (χ0v) is 14.6. The predicted octanol–water partition coefficient (Wildman–Crippen LogP) is 3.59. The molecule has 138 valence electrons. The lowest BCUT2D eigenvalue weighted by Gasteiger charge is -2.15. The van der Waals surface area contributed by atoms with Gasteiger partial charge in [0.25, 0.3) is 5.89 Å². The van der Waals surface area contributed by atoms with Crippen LogP contribution in [0.15, 0.2) is 46.9 Å². The smallest absolute Gasteiger partial charge is 0.250 e. The average Bonchev–Trinajstić information content (AvgIpc) is 3.42. The van der Waals surface area contributed by atoms with Crippen molar-refractivity contribution >= 4 is 0 Å². The summed E-state index contributed by atoms with van der Waals surface area (Å²) in [5.41, 5.74) is 1.52. The quantitative estimate of drug-likeness (QED) is 0.702. The molecule has 0 saturated carbocycles. The van der Waals surface area contributed by atoms with Gasteiger partial charge in [-0.05, 0) is 42.8 Å². The molecule has 1 aromatic heterocycles. The molecule has 1 saturated heterocycles. The standard InChI is InChI=1S/C20H18FN3O3/c21-16-4-2-1-3-15(16)20-23-22-19(27-20)14-7-8-24(11-14)10-13-5-6-17-18(9-13)26-12-25-17/h1-6,9,14H,7-8,10-12H2/t14-/m0/s1. The van der Waals surface area contributed by atoms with Crippen LogP contribution in [0.1, 0.15) is 23.8 Å². The summed E-state index contributed by atoms with van der Waals surface area (Å²) in [6.07, 6.45) is 0.934. The number of hydrogen-bond donors (Lipinski definition) is 0. The molecule has 0 N–H and O–H groups in total. The molecule has 0 bridgehead atoms. The van der Waals surface area contributed by atoms with Crippen LogP contribution >= 0.6 is 0 Å². The van der Waals surface area contributed by atoms with E-state index in [4.69, 9.17) is 13.9 Å². The zero-order chi connectivity index (χ0) is 18.2. The lowest BCUT2D eigenvalue weighted by Crippen LogP contribution is -2.19. The maximum atomic E-state index is 13.9. The number of benzene rings is 2. The normalized spacial score (nSPS) is 18.9. The minimum Gasteiger partial charge on any atom is -0.454 e. The number of ether oxygens (including phenoxy) is 2. The van der Waals surface area contributed by atoms with Gasteiger partial charge >= 0.3 is 0 Å². The van der Waals surface area contributed by atoms with Crippen LogP contribution in [0.2, 0.25) is 0 Å². The van der Waals surface area contributed by atoms with E-state index in [0.29, 0.717) is 11.5 Å². The van der Waals surface area contributed by atoms with E-state index >= 15 is 0 Å². The molecule has 1 fully saturated rings. The highest BCUT2D eigenvalue weighted by Crippen LogP contribution is 2.34. The van der Waals surface area contributed by atoms with Gasteiger partial charge in [-0.15, -0.1) is 10.2 Å². The predicted molar refractivity (Wildman–Crippen MR) is 94.9 cm³/mol. The molecular weight excluding hydrogens is 349 g/mol. The number of rotatable bonds is 4. The van der Waals surface area contributed by atoms with E-state index in [9.17, 15) is 4.39 Å². The van der Waals surface area contributed by atoms with Gasteiger partial charge in [-0.1, -0.05) is 18.2 Å². The minimum absolute atomic E-state index is 0.159. The highest BCUT2D eigenvalue weighted by Gasteiger charge is 2.29. The molecule has 0 amide bonds. The van der Waals surface area contributed by atoms with E-state index in [1.54, 1.807) is 18.2 Å². The number of aromatic nitrogens is 2. The molecule has 2 aliphatic rings. The van der Waals surface area contributed by atoms with E-state index in [-0.39, 0.29) is 24.4 Å². The van der Waals surface area contributed by atoms with Crippen LogP contribution < -0.4 is 9.47 Å². The van der Waals surface area contributed by atoms with Crippen molar-refractivity contribution in [2.75, 3.05) is 19.9 Å². The van der Waals surface area contributed by atoms with Gasteiger partial charge < -0.3 is 13.9 Å². The highest BCUT2D eigenvalue weighted by molar-refractivity contribution is 5.53. The molecule has 0 aliphatic carbocycles. The first-order valence-electron chi connectivity index (χ1n) is 8.95. The second-order valence-electron chi connectivity index (χ2n) is 6.83. The van der Waals surface area contributed by atoms with Gasteiger partial charge in [0.2, 0.25) is 12.7 Å². The van der Waals surface area contributed by atoms with Gasteiger partial charge in [0.05, 0.1) is 11.5 Å². The SMILES string of the molecule is Fc1ccccc1-c1nnc([C@H]2CCN(Cc3ccc4c(c3)OCO4)C2)o1. The van der Waals surface area contributed by atoms with Crippen LogP contribution in [-0.2, 0) is 6.54 Å². The van der Waals surface area contributed by atoms with Crippen LogP contribution in [0.5, 0.6) is 11.5 Å². The lowest BCUT2D eigenvalue weighted by atomic mass is 10.1. The molecule has 6 nitrogen and oxygen atoms in total. The third-order valence-electron chi connectivity index (χ3n) is 5.01. The Hall–Kier alpha value is -2.93. The summed E-state index contributed by atoms with van der Waals surface area (Å²) in [5.74, 6) is 2.20. The van der Waals surface area contributed by atoms with Crippen molar-refractivity contribution in [1.82, 2.24) is 15.1 Å². The van der Waals surface area contributed by atoms with Crippen molar-refractivity contribution in [3.8, 4) is 23.0 Å². The molecule has 2 aromatic carbocycles. The molecule has 3 heterocycles. The Labute approximate surface area is 155 Å². The topological polar surface area (TPSA) is 60.6 Å². The van der Waals surface area contributed by atoms with E-state index in [0.717, 1.165) is 37.6 Å². The van der Waals surface area contributed by atoms with Crippen LogP contribution in [0.3, 0.4) is 0 Å². The summed E-state index contributed by atoms with van der Waals surface area (Å²) in [6.45, 7) is 2.87. The van der Waals surface area contributed by atoms with E-state index < -0.39 is 0 Å². The van der Waals surface area contributed by atoms with Crippen molar-refractivity contribution in [3.63, 3.8) is 0 Å². The third-order valence-corrected chi connectivity index (χ3v) is 5.01. The van der Waals surface area contributed by atoms with Crippen molar-refractivity contribution in [2.24, 2.45) is 0 Å². The van der Waals surface area contributed by atoms with Crippen molar-refractivity contribution in [2.45, 2.75) is 18.9 Å². The summed E-state index contributed by atoms with van der Waals surface area (Å²) < 4.78 is 30.5. The third kappa shape index (κ3) is 3.14. The Morgan fingerprint density at radius 1 is 1.07 bits per heavy atom. The Kier molecular flexibility index (Phi) is 4.01. The molecule has 2 aliphatic heterocycles. The van der Waals surface area contributed by atoms with Crippen molar-refractivity contribution in [1.29, 1.82) is 0 Å². The second kappa shape index (κ2) is 6.66. The van der Waals surface area contributed by atoms with Crippen LogP contribution in [0, 0.1) is 5.82 Å². The molecule has 0 spiro atoms. The fraction of sp³-hybridized carbons (Fsp3) is 0.300. The average molecular weight is 367 g/mol. The first kappa shape index (κ1) is 16.3. The van der Waals surface area contributed by atoms with Crippen LogP contribution in [0.4, 0.5) is 4.39 Å². The van der Waals surface area contributed by atoms with Gasteiger partial charge in [-0.2, -0.15) is 0 Å². The summed E-state index contributed by atoms with van der Waals surface area (Å²) in [7, 11) is 0. The van der Waals surface area contributed by atoms with E-state index in [2.05, 4.69) is 21.2 Å². The molecule has 3 aromatic rings. The zero-order valence-electron chi connectivity index (χ0n) is 14.6. The van der Waals surface area contributed by atoms with Gasteiger partial charge in [0.15, 0.2) is 11.5 Å². The number of nitrogens with zero attached hydrogens (tertiary/aromatic N) is 3. The molecule has 0 radical (unpaired) electrons. The monoisotopic (exact) mass is 367 g/mol. The van der Waals surface area contributed by atoms with Crippen molar-refractivity contribution < 1.29 is 18.3 Å². The minimum atomic E-state index is -0.358. The molecule has 5 rings (SSSR count). The van der Waals surface area contributed by atoms with Gasteiger partial charge in [0.1, 0.15) is 5.82 Å². The maximum Gasteiger partial charge on any atom is 0.250 e. The fourth-order valence-electron chi connectivity index (χ4n) is 3.62. The molecule has 27 heavy (non-hydrogen) atoms. The largest absolute Gasteiger partial charge is 0.454 e. The van der Waals surface area contributed by atoms with Crippen molar-refractivity contribution in [3.05, 3.63) is 59.7 Å². The van der Waals surface area contributed by atoms with E-state index in [1.807, 2.05) is 12.1 Å². The second-order valence-corrected chi connectivity index (χ2v) is 6.83. The number of fused-ring (bicyclic) bond motifs is 1. The Balaban J connectivity index is 1.27. The molecule has 1 atom stereocenters. The summed E-state index contributed by atoms with van der Waals surface area (Å²) in [4.78, 5) is 2.34. The number of halogens is 1. The number of likely N-dealkylation sites (tertiary alicyclic amines) is 1. The lowest BCUT2D eigenvalue weighted by molar-refractivity contribution is 0.174. The molecular formula is C20H18FN3O3. The molecule has 7 heteroatoms. The maximum absolute atomic E-state index is 13.9. The van der Waals surface area contributed by atoms with Crippen LogP contribution in [-0.4, -0.2) is 35.0 Å². The van der Waals surface area contributed by atoms with Crippen LogP contribution in [0.25, 0.3) is 11.5 Å². The summed E-state index contributed by atoms with van der Waals surface area (Å²) in [6, 6.07) is 12.5.